The van der Waals surface area contributed by atoms with Crippen molar-refractivity contribution in [2.24, 2.45) is 5.92 Å². The first-order chi connectivity index (χ1) is 14.6. The fourth-order valence-electron chi connectivity index (χ4n) is 3.27. The zero-order chi connectivity index (χ0) is 23.7. The Kier molecular flexibility index (Phi) is 17.3. The summed E-state index contributed by atoms with van der Waals surface area (Å²) in [5.74, 6) is -0.464. The molecule has 0 aliphatic rings. The van der Waals surface area contributed by atoms with Gasteiger partial charge in [-0.3, -0.25) is 0 Å². The van der Waals surface area contributed by atoms with Gasteiger partial charge in [0.25, 0.3) is 0 Å². The van der Waals surface area contributed by atoms with Gasteiger partial charge in [-0.25, -0.2) is 0 Å². The third-order valence-corrected chi connectivity index (χ3v) is 9.20. The van der Waals surface area contributed by atoms with Crippen molar-refractivity contribution in [1.29, 1.82) is 0 Å². The maximum atomic E-state index is 12.7. The summed E-state index contributed by atoms with van der Waals surface area (Å²) < 4.78 is 22.4. The summed E-state index contributed by atoms with van der Waals surface area (Å²) >= 11 is -4.71. The Hall–Kier alpha value is -0.806. The molecule has 6 heteroatoms. The zero-order valence-electron chi connectivity index (χ0n) is 20.8. The molecule has 0 rings (SSSR count). The van der Waals surface area contributed by atoms with E-state index in [4.69, 9.17) is 6.64 Å². The molecule has 0 bridgehead atoms. The van der Waals surface area contributed by atoms with Crippen LogP contribution in [0.3, 0.4) is 0 Å². The van der Waals surface area contributed by atoms with Crippen LogP contribution in [0.4, 0.5) is 0 Å². The molecule has 181 valence electrons. The molecule has 0 heterocycles. The van der Waals surface area contributed by atoms with Crippen LogP contribution in [-0.2, 0) is 36.9 Å². The van der Waals surface area contributed by atoms with Gasteiger partial charge in [0.05, 0.1) is 0 Å². The van der Waals surface area contributed by atoms with E-state index in [0.717, 1.165) is 18.8 Å². The quantitative estimate of drug-likeness (QED) is 0.108. The first-order valence-electron chi connectivity index (χ1n) is 12.4. The second kappa shape index (κ2) is 17.7. The molecule has 0 aromatic heterocycles. The van der Waals surface area contributed by atoms with Crippen molar-refractivity contribution in [1.82, 2.24) is 0 Å². The Bertz CT molecular complexity index is 568. The minimum absolute atomic E-state index is 0.143. The van der Waals surface area contributed by atoms with Crippen LogP contribution in [0.15, 0.2) is 12.2 Å². The minimum atomic E-state index is -4.71. The molecule has 0 aliphatic heterocycles. The molecule has 0 aromatic rings. The van der Waals surface area contributed by atoms with Crippen molar-refractivity contribution < 1.29 is 36.9 Å². The van der Waals surface area contributed by atoms with Gasteiger partial charge in [-0.15, -0.1) is 0 Å². The molecule has 31 heavy (non-hydrogen) atoms. The average Bonchev–Trinajstić information content (AvgIpc) is 2.67. The molecule has 5 nitrogen and oxygen atoms in total. The third kappa shape index (κ3) is 16.5. The van der Waals surface area contributed by atoms with Crippen LogP contribution in [0.5, 0.6) is 0 Å². The predicted octanol–water partition coefficient (Wildman–Crippen LogP) is 7.92. The Labute approximate surface area is 195 Å². The molecule has 0 saturated carbocycles. The first-order valence-corrected chi connectivity index (χ1v) is 15.2. The fourth-order valence-corrected chi connectivity index (χ4v) is 5.40. The molecule has 0 saturated heterocycles. The maximum absolute atomic E-state index is 12.7. The summed E-state index contributed by atoms with van der Waals surface area (Å²) in [6.45, 7) is 12.8. The van der Waals surface area contributed by atoms with E-state index >= 15 is 0 Å². The number of carbonyl (C=O) groups is 2. The Morgan fingerprint density at radius 2 is 1.16 bits per heavy atom. The van der Waals surface area contributed by atoms with Crippen LogP contribution in [-0.4, -0.2) is 11.9 Å². The molecular formula is C25H47O5Ti. The van der Waals surface area contributed by atoms with E-state index in [-0.39, 0.29) is 12.0 Å². The van der Waals surface area contributed by atoms with Gasteiger partial charge in [0.1, 0.15) is 0 Å². The van der Waals surface area contributed by atoms with Gasteiger partial charge in [-0.1, -0.05) is 39.5 Å². The number of carbonyl (C=O) groups excluding carboxylic acids is 2. The number of hydrogen-bond acceptors (Lipinski definition) is 5. The van der Waals surface area contributed by atoms with Crippen LogP contribution in [0, 0.1) is 5.92 Å². The van der Waals surface area contributed by atoms with E-state index in [2.05, 4.69) is 20.4 Å². The monoisotopic (exact) mass is 475 g/mol. The predicted molar refractivity (Wildman–Crippen MR) is 122 cm³/mol. The zero-order valence-corrected chi connectivity index (χ0v) is 22.4. The van der Waals surface area contributed by atoms with Gasteiger partial charge in [-0.2, -0.15) is 0 Å². The second-order valence-electron chi connectivity index (χ2n) is 9.58. The number of unbranched alkanes of at least 4 members (excludes halogenated alkanes) is 11. The van der Waals surface area contributed by atoms with Crippen molar-refractivity contribution >= 4 is 11.9 Å². The van der Waals surface area contributed by atoms with Crippen LogP contribution < -0.4 is 0 Å². The van der Waals surface area contributed by atoms with E-state index in [0.29, 0.717) is 6.42 Å². The third-order valence-electron chi connectivity index (χ3n) is 5.46. The molecule has 0 N–H and O–H groups in total. The van der Waals surface area contributed by atoms with Gasteiger partial charge in [0.15, 0.2) is 0 Å². The van der Waals surface area contributed by atoms with Gasteiger partial charge in [0.2, 0.25) is 0 Å². The second-order valence-corrected chi connectivity index (χ2v) is 13.9. The van der Waals surface area contributed by atoms with Crippen molar-refractivity contribution in [3.63, 3.8) is 0 Å². The number of hydrogen-bond donors (Lipinski definition) is 0. The molecule has 1 unspecified atom stereocenters. The van der Waals surface area contributed by atoms with Gasteiger partial charge < -0.3 is 0 Å². The molecule has 0 aliphatic carbocycles. The van der Waals surface area contributed by atoms with E-state index in [1.54, 1.807) is 13.8 Å². The van der Waals surface area contributed by atoms with Crippen molar-refractivity contribution in [3.8, 4) is 0 Å². The first kappa shape index (κ1) is 30.2. The molecule has 0 fully saturated rings. The van der Waals surface area contributed by atoms with Crippen molar-refractivity contribution in [2.75, 3.05) is 0 Å². The Balaban J connectivity index is 3.73. The van der Waals surface area contributed by atoms with E-state index in [1.807, 2.05) is 0 Å². The van der Waals surface area contributed by atoms with E-state index in [9.17, 15) is 12.9 Å². The van der Waals surface area contributed by atoms with Gasteiger partial charge in [0, 0.05) is 0 Å². The number of rotatable bonds is 19. The van der Waals surface area contributed by atoms with Gasteiger partial charge >= 0.3 is 150 Å². The molecule has 1 atom stereocenters. The summed E-state index contributed by atoms with van der Waals surface area (Å²) in [5.41, 5.74) is 0.143. The van der Waals surface area contributed by atoms with Crippen LogP contribution in [0.1, 0.15) is 125 Å². The molecule has 0 aromatic carbocycles. The Morgan fingerprint density at radius 1 is 0.742 bits per heavy atom. The SMILES string of the molecule is C=C(C)C(=O)[O][Ti](=[O])([O]C(=O)CCCCCCCCCCCCCCC(C)C)[CH](C)C. The van der Waals surface area contributed by atoms with Gasteiger partial charge in [-0.05, 0) is 5.92 Å². The summed E-state index contributed by atoms with van der Waals surface area (Å²) in [5, 5.41) is 0. The molecule has 0 radical (unpaired) electrons. The fraction of sp³-hybridized carbons (Fsp3) is 0.840. The average molecular weight is 476 g/mol. The molecular weight excluding hydrogens is 428 g/mol. The van der Waals surface area contributed by atoms with Crippen LogP contribution in [0.25, 0.3) is 0 Å². The van der Waals surface area contributed by atoms with Crippen molar-refractivity contribution in [2.45, 2.75) is 129 Å². The molecule has 0 spiro atoms. The normalized spacial score (nSPS) is 13.3. The summed E-state index contributed by atoms with van der Waals surface area (Å²) in [4.78, 5) is 23.7. The summed E-state index contributed by atoms with van der Waals surface area (Å²) in [6, 6.07) is 0. The van der Waals surface area contributed by atoms with E-state index < -0.39 is 33.5 Å². The van der Waals surface area contributed by atoms with Crippen LogP contribution >= 0.6 is 0 Å². The molecule has 0 amide bonds. The topological polar surface area (TPSA) is 69.7 Å². The van der Waals surface area contributed by atoms with Crippen molar-refractivity contribution in [3.05, 3.63) is 12.2 Å². The Morgan fingerprint density at radius 3 is 1.55 bits per heavy atom. The summed E-state index contributed by atoms with van der Waals surface area (Å²) in [7, 11) is 0. The summed E-state index contributed by atoms with van der Waals surface area (Å²) in [6.07, 6.45) is 16.2. The van der Waals surface area contributed by atoms with E-state index in [1.165, 1.54) is 71.1 Å². The van der Waals surface area contributed by atoms with Crippen LogP contribution in [0.2, 0.25) is 4.22 Å². The standard InChI is InChI=1S/C18H36O2.C4H6O2.C3H7.O.Ti/c1-17(2)15-13-11-9-7-5-3-4-6-8-10-12-14-16-18(19)20;1-3(2)4(5)6;1-3-2;;/h17H,3-16H2,1-2H3,(H,19,20);1H2,2H3,(H,5,6);3H,1-2H3;;/q;;;;+2/p-2.